The normalized spacial score (nSPS) is 27.9. The zero-order chi connectivity index (χ0) is 10.6. The summed E-state index contributed by atoms with van der Waals surface area (Å²) < 4.78 is 0. The van der Waals surface area contributed by atoms with Gasteiger partial charge in [-0.15, -0.1) is 0 Å². The number of rotatable bonds is 4. The van der Waals surface area contributed by atoms with Crippen LogP contribution in [0.2, 0.25) is 0 Å². The van der Waals surface area contributed by atoms with E-state index in [0.717, 1.165) is 6.42 Å². The second kappa shape index (κ2) is 5.13. The molecule has 14 heavy (non-hydrogen) atoms. The van der Waals surface area contributed by atoms with E-state index in [2.05, 4.69) is 25.7 Å². The third-order valence-electron chi connectivity index (χ3n) is 3.67. The molecule has 1 rings (SSSR count). The number of hydrogen-bond acceptors (Lipinski definition) is 2. The number of piperidine rings is 1. The second-order valence-electron chi connectivity index (χ2n) is 5.25. The fourth-order valence-electron chi connectivity index (χ4n) is 2.46. The lowest BCUT2D eigenvalue weighted by Crippen LogP contribution is -2.45. The van der Waals surface area contributed by atoms with E-state index >= 15 is 0 Å². The Morgan fingerprint density at radius 2 is 2.14 bits per heavy atom. The van der Waals surface area contributed by atoms with E-state index in [1.54, 1.807) is 0 Å². The van der Waals surface area contributed by atoms with Crippen molar-refractivity contribution in [1.82, 2.24) is 4.90 Å². The van der Waals surface area contributed by atoms with Gasteiger partial charge in [0.05, 0.1) is 0 Å². The van der Waals surface area contributed by atoms with Crippen molar-refractivity contribution in [3.8, 4) is 0 Å². The van der Waals surface area contributed by atoms with Crippen molar-refractivity contribution < 1.29 is 5.11 Å². The van der Waals surface area contributed by atoms with E-state index in [9.17, 15) is 0 Å². The highest BCUT2D eigenvalue weighted by Gasteiger charge is 2.34. The highest BCUT2D eigenvalue weighted by molar-refractivity contribution is 4.86. The van der Waals surface area contributed by atoms with Crippen LogP contribution in [0, 0.1) is 11.3 Å². The Labute approximate surface area is 88.3 Å². The first-order chi connectivity index (χ1) is 6.60. The lowest BCUT2D eigenvalue weighted by atomic mass is 9.72. The van der Waals surface area contributed by atoms with Crippen molar-refractivity contribution in [2.45, 2.75) is 40.0 Å². The molecule has 84 valence electrons. The van der Waals surface area contributed by atoms with Crippen LogP contribution < -0.4 is 0 Å². The molecule has 1 aliphatic rings. The highest BCUT2D eigenvalue weighted by atomic mass is 16.3. The van der Waals surface area contributed by atoms with Crippen molar-refractivity contribution >= 4 is 0 Å². The van der Waals surface area contributed by atoms with Crippen molar-refractivity contribution in [3.05, 3.63) is 0 Å². The van der Waals surface area contributed by atoms with E-state index in [1.807, 2.05) is 0 Å². The second-order valence-corrected chi connectivity index (χ2v) is 5.25. The summed E-state index contributed by atoms with van der Waals surface area (Å²) in [5.74, 6) is 0.674. The molecule has 0 radical (unpaired) electrons. The fourth-order valence-corrected chi connectivity index (χ4v) is 2.46. The summed E-state index contributed by atoms with van der Waals surface area (Å²) in [6.45, 7) is 10.9. The summed E-state index contributed by atoms with van der Waals surface area (Å²) >= 11 is 0. The van der Waals surface area contributed by atoms with Crippen LogP contribution in [0.1, 0.15) is 40.0 Å². The molecule has 0 aliphatic carbocycles. The number of hydrogen-bond donors (Lipinski definition) is 1. The number of nitrogens with zero attached hydrogens (tertiary/aromatic N) is 1. The van der Waals surface area contributed by atoms with Gasteiger partial charge in [0.15, 0.2) is 0 Å². The van der Waals surface area contributed by atoms with E-state index < -0.39 is 0 Å². The van der Waals surface area contributed by atoms with Crippen LogP contribution in [0.5, 0.6) is 0 Å². The molecule has 2 nitrogen and oxygen atoms in total. The largest absolute Gasteiger partial charge is 0.396 e. The molecule has 1 saturated heterocycles. The first kappa shape index (κ1) is 12.0. The Bertz CT molecular complexity index is 168. The quantitative estimate of drug-likeness (QED) is 0.749. The summed E-state index contributed by atoms with van der Waals surface area (Å²) in [4.78, 5) is 2.55. The van der Waals surface area contributed by atoms with Crippen molar-refractivity contribution in [2.24, 2.45) is 11.3 Å². The van der Waals surface area contributed by atoms with Crippen LogP contribution in [0.4, 0.5) is 0 Å². The maximum absolute atomic E-state index is 9.05. The van der Waals surface area contributed by atoms with Gasteiger partial charge in [-0.2, -0.15) is 0 Å². The predicted molar refractivity (Wildman–Crippen MR) is 60.3 cm³/mol. The summed E-state index contributed by atoms with van der Waals surface area (Å²) in [6.07, 6.45) is 3.48. The lowest BCUT2D eigenvalue weighted by molar-refractivity contribution is 0.0439. The highest BCUT2D eigenvalue weighted by Crippen LogP contribution is 2.37. The third-order valence-corrected chi connectivity index (χ3v) is 3.67. The molecule has 1 heterocycles. The topological polar surface area (TPSA) is 23.5 Å². The van der Waals surface area contributed by atoms with Gasteiger partial charge in [0.25, 0.3) is 0 Å². The van der Waals surface area contributed by atoms with Gasteiger partial charge in [-0.3, -0.25) is 0 Å². The standard InChI is InChI=1S/C12H25NO/c1-4-7-13-8-6-12(2,3)11(10-13)5-9-14/h11,14H,4-10H2,1-3H3. The molecular weight excluding hydrogens is 174 g/mol. The average Bonchev–Trinajstić information content (AvgIpc) is 2.12. The minimum absolute atomic E-state index is 0.341. The first-order valence-corrected chi connectivity index (χ1v) is 5.93. The van der Waals surface area contributed by atoms with Crippen LogP contribution in [0.15, 0.2) is 0 Å². The molecule has 1 N–H and O–H groups in total. The summed E-state index contributed by atoms with van der Waals surface area (Å²) in [7, 11) is 0. The fraction of sp³-hybridized carbons (Fsp3) is 1.00. The average molecular weight is 199 g/mol. The van der Waals surface area contributed by atoms with Crippen molar-refractivity contribution in [3.63, 3.8) is 0 Å². The Balaban J connectivity index is 2.49. The van der Waals surface area contributed by atoms with Gasteiger partial charge >= 0.3 is 0 Å². The van der Waals surface area contributed by atoms with Crippen LogP contribution in [-0.2, 0) is 0 Å². The molecule has 0 aromatic rings. The number of aliphatic hydroxyl groups excluding tert-OH is 1. The van der Waals surface area contributed by atoms with Gasteiger partial charge in [-0.05, 0) is 43.7 Å². The minimum Gasteiger partial charge on any atom is -0.396 e. The lowest BCUT2D eigenvalue weighted by Gasteiger charge is -2.44. The van der Waals surface area contributed by atoms with Crippen molar-refractivity contribution in [1.29, 1.82) is 0 Å². The third kappa shape index (κ3) is 2.96. The first-order valence-electron chi connectivity index (χ1n) is 5.93. The summed E-state index contributed by atoms with van der Waals surface area (Å²) in [5, 5.41) is 9.05. The molecule has 0 bridgehead atoms. The molecule has 0 spiro atoms. The van der Waals surface area contributed by atoms with Gasteiger partial charge in [0.1, 0.15) is 0 Å². The van der Waals surface area contributed by atoms with Gasteiger partial charge in [0, 0.05) is 13.2 Å². The molecule has 0 amide bonds. The molecule has 1 fully saturated rings. The summed E-state index contributed by atoms with van der Waals surface area (Å²) in [5.41, 5.74) is 0.424. The molecule has 1 aliphatic heterocycles. The molecule has 1 atom stereocenters. The zero-order valence-electron chi connectivity index (χ0n) is 9.92. The molecular formula is C12H25NO. The number of likely N-dealkylation sites (tertiary alicyclic amines) is 1. The Hall–Kier alpha value is -0.0800. The van der Waals surface area contributed by atoms with Crippen molar-refractivity contribution in [2.75, 3.05) is 26.2 Å². The van der Waals surface area contributed by atoms with Crippen LogP contribution in [0.3, 0.4) is 0 Å². The van der Waals surface area contributed by atoms with Gasteiger partial charge in [-0.1, -0.05) is 20.8 Å². The maximum atomic E-state index is 9.05. The minimum atomic E-state index is 0.341. The zero-order valence-corrected chi connectivity index (χ0v) is 9.92. The predicted octanol–water partition coefficient (Wildman–Crippen LogP) is 2.13. The van der Waals surface area contributed by atoms with Crippen LogP contribution in [-0.4, -0.2) is 36.2 Å². The van der Waals surface area contributed by atoms with Gasteiger partial charge in [-0.25, -0.2) is 0 Å². The van der Waals surface area contributed by atoms with E-state index in [-0.39, 0.29) is 0 Å². The van der Waals surface area contributed by atoms with Gasteiger partial charge < -0.3 is 10.0 Å². The molecule has 0 aromatic heterocycles. The van der Waals surface area contributed by atoms with E-state index in [1.165, 1.54) is 32.5 Å². The van der Waals surface area contributed by atoms with E-state index in [0.29, 0.717) is 17.9 Å². The Morgan fingerprint density at radius 1 is 1.43 bits per heavy atom. The Kier molecular flexibility index (Phi) is 4.39. The van der Waals surface area contributed by atoms with E-state index in [4.69, 9.17) is 5.11 Å². The molecule has 0 saturated carbocycles. The Morgan fingerprint density at radius 3 is 2.71 bits per heavy atom. The monoisotopic (exact) mass is 199 g/mol. The van der Waals surface area contributed by atoms with Gasteiger partial charge in [0.2, 0.25) is 0 Å². The van der Waals surface area contributed by atoms with Crippen LogP contribution >= 0.6 is 0 Å². The van der Waals surface area contributed by atoms with Crippen LogP contribution in [0.25, 0.3) is 0 Å². The molecule has 2 heteroatoms. The number of aliphatic hydroxyl groups is 1. The maximum Gasteiger partial charge on any atom is 0.0434 e. The molecule has 0 aromatic carbocycles. The summed E-state index contributed by atoms with van der Waals surface area (Å²) in [6, 6.07) is 0. The smallest absolute Gasteiger partial charge is 0.0434 e. The molecule has 1 unspecified atom stereocenters. The SMILES string of the molecule is CCCN1CCC(C)(C)C(CCO)C1.